The summed E-state index contributed by atoms with van der Waals surface area (Å²) in [5.74, 6) is 0.419. The first-order chi connectivity index (χ1) is 10.4. The molecule has 0 saturated heterocycles. The second kappa shape index (κ2) is 5.92. The summed E-state index contributed by atoms with van der Waals surface area (Å²) >= 11 is 6.49. The van der Waals surface area contributed by atoms with Crippen molar-refractivity contribution in [1.29, 1.82) is 0 Å². The summed E-state index contributed by atoms with van der Waals surface area (Å²) < 4.78 is 26.8. The fourth-order valence-corrected chi connectivity index (χ4v) is 4.54. The van der Waals surface area contributed by atoms with Crippen LogP contribution in [0.2, 0.25) is 0 Å². The van der Waals surface area contributed by atoms with Crippen molar-refractivity contribution in [2.45, 2.75) is 23.8 Å². The highest BCUT2D eigenvalue weighted by Gasteiger charge is 2.36. The summed E-state index contributed by atoms with van der Waals surface area (Å²) in [6.45, 7) is 0. The van der Waals surface area contributed by atoms with E-state index in [1.54, 1.807) is 30.5 Å². The van der Waals surface area contributed by atoms with E-state index >= 15 is 0 Å². The molecule has 0 atom stereocenters. The number of hydrogen-bond acceptors (Lipinski definition) is 4. The van der Waals surface area contributed by atoms with E-state index < -0.39 is 10.0 Å². The average Bonchev–Trinajstić information content (AvgIpc) is 3.34. The van der Waals surface area contributed by atoms with Crippen LogP contribution in [0.3, 0.4) is 0 Å². The van der Waals surface area contributed by atoms with Gasteiger partial charge in [-0.2, -0.15) is 0 Å². The van der Waals surface area contributed by atoms with Gasteiger partial charge in [-0.25, -0.2) is 13.4 Å². The number of nitrogens with zero attached hydrogens (tertiary/aromatic N) is 2. The van der Waals surface area contributed by atoms with Gasteiger partial charge in [-0.15, -0.1) is 3.33 Å². The summed E-state index contributed by atoms with van der Waals surface area (Å²) in [5, 5.41) is 0. The van der Waals surface area contributed by atoms with E-state index in [0.717, 1.165) is 24.0 Å². The second-order valence-corrected chi connectivity index (χ2v) is 9.00. The first-order valence-electron chi connectivity index (χ1n) is 6.61. The number of benzene rings is 1. The number of sulfonamides is 1. The van der Waals surface area contributed by atoms with Gasteiger partial charge >= 0.3 is 0 Å². The van der Waals surface area contributed by atoms with E-state index in [4.69, 9.17) is 5.73 Å². The Labute approximate surface area is 146 Å². The normalized spacial score (nSPS) is 15.2. The minimum Gasteiger partial charge on any atom is -0.383 e. The zero-order valence-corrected chi connectivity index (χ0v) is 15.4. The SMILES string of the molecule is Nc1ncc(-c2ccc(S(=O)(=O)N(Br)C3CC3)cc2)cc1Br. The fourth-order valence-electron chi connectivity index (χ4n) is 2.00. The van der Waals surface area contributed by atoms with Crippen LogP contribution in [0.4, 0.5) is 5.82 Å². The highest BCUT2D eigenvalue weighted by molar-refractivity contribution is 9.10. The molecule has 0 aliphatic heterocycles. The van der Waals surface area contributed by atoms with Crippen molar-refractivity contribution in [2.24, 2.45) is 0 Å². The van der Waals surface area contributed by atoms with Gasteiger partial charge in [0.05, 0.1) is 9.37 Å². The van der Waals surface area contributed by atoms with E-state index in [0.29, 0.717) is 10.3 Å². The van der Waals surface area contributed by atoms with Crippen molar-refractivity contribution in [3.63, 3.8) is 0 Å². The number of pyridine rings is 1. The molecular weight excluding hydrogens is 434 g/mol. The van der Waals surface area contributed by atoms with Crippen LogP contribution in [0.15, 0.2) is 45.9 Å². The average molecular weight is 447 g/mol. The third kappa shape index (κ3) is 3.05. The molecule has 2 aromatic rings. The minimum atomic E-state index is -3.48. The summed E-state index contributed by atoms with van der Waals surface area (Å²) in [6.07, 6.45) is 3.45. The van der Waals surface area contributed by atoms with Crippen molar-refractivity contribution in [1.82, 2.24) is 8.32 Å². The molecule has 1 saturated carbocycles. The van der Waals surface area contributed by atoms with E-state index in [1.165, 1.54) is 3.33 Å². The molecule has 0 bridgehead atoms. The molecule has 1 aromatic heterocycles. The minimum absolute atomic E-state index is 0.0712. The van der Waals surface area contributed by atoms with Gasteiger partial charge in [0.25, 0.3) is 10.0 Å². The first kappa shape index (κ1) is 15.9. The van der Waals surface area contributed by atoms with Gasteiger partial charge in [0, 0.05) is 33.9 Å². The molecule has 1 aliphatic rings. The zero-order valence-electron chi connectivity index (χ0n) is 11.4. The van der Waals surface area contributed by atoms with Gasteiger partial charge in [0.2, 0.25) is 0 Å². The Hall–Kier alpha value is -0.960. The number of halogens is 2. The smallest absolute Gasteiger partial charge is 0.252 e. The van der Waals surface area contributed by atoms with Gasteiger partial charge in [0.1, 0.15) is 5.82 Å². The molecular formula is C14H13Br2N3O2S. The molecule has 0 radical (unpaired) electrons. The largest absolute Gasteiger partial charge is 0.383 e. The maximum absolute atomic E-state index is 12.4. The van der Waals surface area contributed by atoms with Crippen molar-refractivity contribution < 1.29 is 8.42 Å². The van der Waals surface area contributed by atoms with Crippen LogP contribution in [0, 0.1) is 0 Å². The van der Waals surface area contributed by atoms with Crippen LogP contribution in [-0.2, 0) is 10.0 Å². The third-order valence-corrected chi connectivity index (χ3v) is 7.40. The van der Waals surface area contributed by atoms with Crippen molar-refractivity contribution in [2.75, 3.05) is 5.73 Å². The molecule has 0 amide bonds. The van der Waals surface area contributed by atoms with Crippen LogP contribution in [0.1, 0.15) is 12.8 Å². The van der Waals surface area contributed by atoms with Crippen molar-refractivity contribution in [3.05, 3.63) is 41.0 Å². The highest BCUT2D eigenvalue weighted by atomic mass is 79.9. The summed E-state index contributed by atoms with van der Waals surface area (Å²) in [6, 6.07) is 8.66. The summed E-state index contributed by atoms with van der Waals surface area (Å²) in [7, 11) is -3.48. The Balaban J connectivity index is 1.90. The number of rotatable bonds is 4. The van der Waals surface area contributed by atoms with Gasteiger partial charge in [0.15, 0.2) is 0 Å². The van der Waals surface area contributed by atoms with Crippen LogP contribution in [-0.4, -0.2) is 22.8 Å². The van der Waals surface area contributed by atoms with E-state index in [9.17, 15) is 8.42 Å². The molecule has 2 N–H and O–H groups in total. The van der Waals surface area contributed by atoms with Gasteiger partial charge in [-0.05, 0) is 52.5 Å². The van der Waals surface area contributed by atoms with E-state index in [2.05, 4.69) is 37.1 Å². The number of aromatic nitrogens is 1. The van der Waals surface area contributed by atoms with Gasteiger partial charge < -0.3 is 5.73 Å². The third-order valence-electron chi connectivity index (χ3n) is 3.42. The standard InChI is InChI=1S/C14H13Br2N3O2S/c15-13-7-10(8-18-14(13)17)9-1-5-12(6-2-9)22(20,21)19(16)11-3-4-11/h1-2,5-8,11H,3-4H2,(H2,17,18). The number of nitrogens with two attached hydrogens (primary N) is 1. The monoisotopic (exact) mass is 445 g/mol. The molecule has 116 valence electrons. The second-order valence-electron chi connectivity index (χ2n) is 5.09. The molecule has 0 spiro atoms. The highest BCUT2D eigenvalue weighted by Crippen LogP contribution is 2.35. The van der Waals surface area contributed by atoms with E-state index in [1.807, 2.05) is 6.07 Å². The maximum Gasteiger partial charge on any atom is 0.252 e. The Morgan fingerprint density at radius 2 is 1.82 bits per heavy atom. The van der Waals surface area contributed by atoms with Gasteiger partial charge in [-0.1, -0.05) is 12.1 Å². The predicted octanol–water partition coefficient (Wildman–Crippen LogP) is 3.56. The topological polar surface area (TPSA) is 76.3 Å². The molecule has 1 aromatic carbocycles. The molecule has 5 nitrogen and oxygen atoms in total. The fraction of sp³-hybridized carbons (Fsp3) is 0.214. The Kier molecular flexibility index (Phi) is 4.28. The molecule has 1 aliphatic carbocycles. The van der Waals surface area contributed by atoms with Crippen LogP contribution >= 0.6 is 32.1 Å². The lowest BCUT2D eigenvalue weighted by Gasteiger charge is -2.14. The quantitative estimate of drug-likeness (QED) is 0.728. The zero-order chi connectivity index (χ0) is 15.9. The predicted molar refractivity (Wildman–Crippen MR) is 92.8 cm³/mol. The Morgan fingerprint density at radius 1 is 1.18 bits per heavy atom. The van der Waals surface area contributed by atoms with Gasteiger partial charge in [-0.3, -0.25) is 0 Å². The molecule has 3 rings (SSSR count). The lowest BCUT2D eigenvalue weighted by Crippen LogP contribution is -2.23. The molecule has 1 fully saturated rings. The molecule has 22 heavy (non-hydrogen) atoms. The Morgan fingerprint density at radius 3 is 2.36 bits per heavy atom. The molecule has 0 unspecified atom stereocenters. The number of nitrogen functional groups attached to an aromatic ring is 1. The number of hydrogen-bond donors (Lipinski definition) is 1. The molecule has 1 heterocycles. The van der Waals surface area contributed by atoms with Crippen molar-refractivity contribution in [3.8, 4) is 11.1 Å². The summed E-state index contributed by atoms with van der Waals surface area (Å²) in [4.78, 5) is 4.35. The first-order valence-corrected chi connectivity index (χ1v) is 9.55. The number of anilines is 1. The lowest BCUT2D eigenvalue weighted by molar-refractivity contribution is 0.544. The lowest BCUT2D eigenvalue weighted by atomic mass is 10.1. The van der Waals surface area contributed by atoms with Crippen LogP contribution in [0.5, 0.6) is 0 Å². The maximum atomic E-state index is 12.4. The van der Waals surface area contributed by atoms with Crippen molar-refractivity contribution >= 4 is 47.9 Å². The Bertz CT molecular complexity index is 805. The van der Waals surface area contributed by atoms with E-state index in [-0.39, 0.29) is 10.9 Å². The van der Waals surface area contributed by atoms with Crippen LogP contribution in [0.25, 0.3) is 11.1 Å². The summed E-state index contributed by atoms with van der Waals surface area (Å²) in [5.41, 5.74) is 7.41. The molecule has 8 heteroatoms. The van der Waals surface area contributed by atoms with Crippen LogP contribution < -0.4 is 5.73 Å².